The molecule has 4 heteroatoms. The molecule has 1 saturated carbocycles. The molecule has 1 aliphatic carbocycles. The molecule has 1 aromatic heterocycles. The fourth-order valence-corrected chi connectivity index (χ4v) is 2.19. The lowest BCUT2D eigenvalue weighted by Gasteiger charge is -2.21. The van der Waals surface area contributed by atoms with E-state index in [9.17, 15) is 5.11 Å². The minimum absolute atomic E-state index is 0.462. The Labute approximate surface area is 75.5 Å². The molecular weight excluding hydrogens is 172 g/mol. The number of aliphatic hydroxyl groups is 1. The van der Waals surface area contributed by atoms with Gasteiger partial charge < -0.3 is 5.11 Å². The van der Waals surface area contributed by atoms with E-state index in [4.69, 9.17) is 0 Å². The largest absolute Gasteiger partial charge is 0.386 e. The molecule has 0 unspecified atom stereocenters. The Kier molecular flexibility index (Phi) is 2.11. The average molecular weight is 184 g/mol. The summed E-state index contributed by atoms with van der Waals surface area (Å²) < 4.78 is 0. The number of nitrogens with zero attached hydrogens (tertiary/aromatic N) is 2. The van der Waals surface area contributed by atoms with Crippen molar-refractivity contribution >= 4 is 11.3 Å². The first-order valence-corrected chi connectivity index (χ1v) is 5.10. The molecule has 0 aliphatic heterocycles. The van der Waals surface area contributed by atoms with E-state index in [-0.39, 0.29) is 0 Å². The van der Waals surface area contributed by atoms with E-state index in [2.05, 4.69) is 10.2 Å². The number of aliphatic hydroxyl groups excluding tert-OH is 1. The van der Waals surface area contributed by atoms with Crippen molar-refractivity contribution in [2.24, 2.45) is 0 Å². The molecule has 3 nitrogen and oxygen atoms in total. The Balaban J connectivity index is 2.12. The molecule has 1 N–H and O–H groups in total. The lowest BCUT2D eigenvalue weighted by molar-refractivity contribution is 0.198. The van der Waals surface area contributed by atoms with Gasteiger partial charge in [0.05, 0.1) is 0 Å². The molecule has 0 saturated heterocycles. The van der Waals surface area contributed by atoms with Crippen LogP contribution < -0.4 is 0 Å². The second kappa shape index (κ2) is 3.11. The maximum atomic E-state index is 9.22. The van der Waals surface area contributed by atoms with Crippen LogP contribution in [-0.2, 0) is 0 Å². The van der Waals surface area contributed by atoms with Gasteiger partial charge >= 0.3 is 0 Å². The van der Waals surface area contributed by atoms with Crippen LogP contribution in [0.15, 0.2) is 0 Å². The maximum absolute atomic E-state index is 9.22. The van der Waals surface area contributed by atoms with Crippen molar-refractivity contribution in [3.05, 3.63) is 10.0 Å². The summed E-state index contributed by atoms with van der Waals surface area (Å²) in [6.45, 7) is 1.73. The van der Waals surface area contributed by atoms with Gasteiger partial charge in [-0.2, -0.15) is 0 Å². The van der Waals surface area contributed by atoms with Crippen molar-refractivity contribution in [3.63, 3.8) is 0 Å². The maximum Gasteiger partial charge on any atom is 0.145 e. The quantitative estimate of drug-likeness (QED) is 0.763. The number of aromatic nitrogens is 2. The highest BCUT2D eigenvalue weighted by Gasteiger charge is 2.23. The molecule has 1 aromatic rings. The van der Waals surface area contributed by atoms with Crippen LogP contribution in [-0.4, -0.2) is 15.3 Å². The molecule has 1 atom stereocenters. The van der Waals surface area contributed by atoms with Crippen molar-refractivity contribution in [1.82, 2.24) is 10.2 Å². The molecule has 0 spiro atoms. The van der Waals surface area contributed by atoms with Crippen LogP contribution in [0.25, 0.3) is 0 Å². The SMILES string of the molecule is C[C@H](O)c1nnc(C2CCC2)s1. The summed E-state index contributed by atoms with van der Waals surface area (Å²) in [4.78, 5) is 0. The van der Waals surface area contributed by atoms with E-state index in [1.165, 1.54) is 19.3 Å². The van der Waals surface area contributed by atoms with E-state index in [0.717, 1.165) is 10.0 Å². The summed E-state index contributed by atoms with van der Waals surface area (Å²) in [6, 6.07) is 0. The third kappa shape index (κ3) is 1.36. The average Bonchev–Trinajstić information content (AvgIpc) is 2.32. The van der Waals surface area contributed by atoms with Gasteiger partial charge in [-0.25, -0.2) is 0 Å². The zero-order valence-corrected chi connectivity index (χ0v) is 7.84. The van der Waals surface area contributed by atoms with E-state index in [0.29, 0.717) is 5.92 Å². The van der Waals surface area contributed by atoms with Crippen molar-refractivity contribution in [2.45, 2.75) is 38.2 Å². The lowest BCUT2D eigenvalue weighted by atomic mass is 9.86. The van der Waals surface area contributed by atoms with Gasteiger partial charge in [-0.05, 0) is 19.8 Å². The van der Waals surface area contributed by atoms with E-state index < -0.39 is 6.10 Å². The molecular formula is C8H12N2OS. The van der Waals surface area contributed by atoms with E-state index in [1.54, 1.807) is 18.3 Å². The van der Waals surface area contributed by atoms with E-state index >= 15 is 0 Å². The smallest absolute Gasteiger partial charge is 0.145 e. The molecule has 66 valence electrons. The number of hydrogen-bond acceptors (Lipinski definition) is 4. The lowest BCUT2D eigenvalue weighted by Crippen LogP contribution is -2.07. The third-order valence-corrected chi connectivity index (χ3v) is 3.52. The second-order valence-corrected chi connectivity index (χ2v) is 4.32. The molecule has 0 radical (unpaired) electrons. The van der Waals surface area contributed by atoms with Gasteiger partial charge in [0.25, 0.3) is 0 Å². The normalized spacial score (nSPS) is 20.5. The van der Waals surface area contributed by atoms with Gasteiger partial charge in [-0.15, -0.1) is 10.2 Å². The van der Waals surface area contributed by atoms with Gasteiger partial charge in [-0.3, -0.25) is 0 Å². The van der Waals surface area contributed by atoms with Crippen molar-refractivity contribution < 1.29 is 5.11 Å². The Bertz CT molecular complexity index is 268. The van der Waals surface area contributed by atoms with Crippen LogP contribution in [0.5, 0.6) is 0 Å². The van der Waals surface area contributed by atoms with Crippen molar-refractivity contribution in [2.75, 3.05) is 0 Å². The Morgan fingerprint density at radius 2 is 2.25 bits per heavy atom. The summed E-state index contributed by atoms with van der Waals surface area (Å²) in [6.07, 6.45) is 3.34. The first kappa shape index (κ1) is 8.13. The standard InChI is InChI=1S/C8H12N2OS/c1-5(11)7-9-10-8(12-7)6-3-2-4-6/h5-6,11H,2-4H2,1H3/t5-/m0/s1. The highest BCUT2D eigenvalue weighted by atomic mass is 32.1. The summed E-state index contributed by atoms with van der Waals surface area (Å²) in [5, 5.41) is 19.1. The fourth-order valence-electron chi connectivity index (χ4n) is 1.24. The van der Waals surface area contributed by atoms with Crippen molar-refractivity contribution in [1.29, 1.82) is 0 Å². The fraction of sp³-hybridized carbons (Fsp3) is 0.750. The molecule has 0 bridgehead atoms. The van der Waals surface area contributed by atoms with Gasteiger partial charge in [0.15, 0.2) is 0 Å². The Morgan fingerprint density at radius 3 is 2.67 bits per heavy atom. The number of rotatable bonds is 2. The molecule has 1 aliphatic rings. The summed E-state index contributed by atoms with van der Waals surface area (Å²) in [5.74, 6) is 0.634. The predicted octanol–water partition coefficient (Wildman–Crippen LogP) is 1.86. The first-order chi connectivity index (χ1) is 5.77. The van der Waals surface area contributed by atoms with E-state index in [1.807, 2.05) is 0 Å². The van der Waals surface area contributed by atoms with Crippen LogP contribution in [0, 0.1) is 0 Å². The van der Waals surface area contributed by atoms with Gasteiger partial charge in [-0.1, -0.05) is 17.8 Å². The highest BCUT2D eigenvalue weighted by Crippen LogP contribution is 2.38. The predicted molar refractivity (Wildman–Crippen MR) is 47.1 cm³/mol. The van der Waals surface area contributed by atoms with Gasteiger partial charge in [0.1, 0.15) is 16.1 Å². The summed E-state index contributed by atoms with van der Waals surface area (Å²) in [7, 11) is 0. The minimum Gasteiger partial charge on any atom is -0.386 e. The zero-order chi connectivity index (χ0) is 8.55. The second-order valence-electron chi connectivity index (χ2n) is 3.28. The number of hydrogen-bond donors (Lipinski definition) is 1. The topological polar surface area (TPSA) is 46.0 Å². The van der Waals surface area contributed by atoms with Crippen LogP contribution in [0.3, 0.4) is 0 Å². The van der Waals surface area contributed by atoms with Gasteiger partial charge in [0.2, 0.25) is 0 Å². The molecule has 0 aromatic carbocycles. The Morgan fingerprint density at radius 1 is 1.50 bits per heavy atom. The van der Waals surface area contributed by atoms with Crippen LogP contribution in [0.1, 0.15) is 48.2 Å². The first-order valence-electron chi connectivity index (χ1n) is 4.28. The molecule has 1 fully saturated rings. The minimum atomic E-state index is -0.462. The summed E-state index contributed by atoms with van der Waals surface area (Å²) in [5.41, 5.74) is 0. The molecule has 1 heterocycles. The van der Waals surface area contributed by atoms with Gasteiger partial charge in [0, 0.05) is 5.92 Å². The third-order valence-electron chi connectivity index (χ3n) is 2.27. The highest BCUT2D eigenvalue weighted by molar-refractivity contribution is 7.11. The molecule has 12 heavy (non-hydrogen) atoms. The molecule has 0 amide bonds. The van der Waals surface area contributed by atoms with Crippen molar-refractivity contribution in [3.8, 4) is 0 Å². The van der Waals surface area contributed by atoms with Crippen LogP contribution in [0.4, 0.5) is 0 Å². The van der Waals surface area contributed by atoms with Crippen LogP contribution >= 0.6 is 11.3 Å². The molecule has 2 rings (SSSR count). The summed E-state index contributed by atoms with van der Waals surface area (Å²) >= 11 is 1.55. The van der Waals surface area contributed by atoms with Crippen LogP contribution in [0.2, 0.25) is 0 Å². The monoisotopic (exact) mass is 184 g/mol. The Hall–Kier alpha value is -0.480. The zero-order valence-electron chi connectivity index (χ0n) is 7.03.